The minimum absolute atomic E-state index is 0. The molecule has 1 spiro atoms. The van der Waals surface area contributed by atoms with Crippen LogP contribution in [0.5, 0.6) is 0 Å². The number of rotatable bonds is 4. The molecule has 0 aliphatic carbocycles. The lowest BCUT2D eigenvalue weighted by Crippen LogP contribution is -2.42. The number of likely N-dealkylation sites (tertiary alicyclic amines) is 1. The highest BCUT2D eigenvalue weighted by Gasteiger charge is 2.40. The van der Waals surface area contributed by atoms with Crippen LogP contribution in [-0.2, 0) is 6.54 Å². The average molecular weight is 455 g/mol. The van der Waals surface area contributed by atoms with Crippen molar-refractivity contribution in [1.82, 2.24) is 25.3 Å². The number of fused-ring (bicyclic) bond motifs is 1. The molecule has 0 atom stereocenters. The molecule has 2 fully saturated rings. The number of anilines is 1. The molecule has 1 aromatic carbocycles. The third-order valence-corrected chi connectivity index (χ3v) is 6.76. The van der Waals surface area contributed by atoms with E-state index in [4.69, 9.17) is 5.21 Å². The summed E-state index contributed by atoms with van der Waals surface area (Å²) in [5.41, 5.74) is 4.61. The van der Waals surface area contributed by atoms with E-state index in [1.54, 1.807) is 5.48 Å². The van der Waals surface area contributed by atoms with Gasteiger partial charge in [0.25, 0.3) is 5.91 Å². The molecule has 0 unspecified atom stereocenters. The van der Waals surface area contributed by atoms with Crippen LogP contribution in [0.2, 0.25) is 0 Å². The first kappa shape index (κ1) is 22.4. The van der Waals surface area contributed by atoms with E-state index in [2.05, 4.69) is 49.0 Å². The number of nitrogens with zero attached hydrogens (tertiary/aromatic N) is 5. The first-order valence-corrected chi connectivity index (χ1v) is 10.7. The topological polar surface area (TPSA) is 94.5 Å². The quantitative estimate of drug-likeness (QED) is 0.462. The molecule has 3 aromatic rings. The number of benzene rings is 1. The van der Waals surface area contributed by atoms with Crippen molar-refractivity contribution in [3.63, 3.8) is 0 Å². The number of carbonyl (C=O) groups excluding carboxylic acids is 1. The highest BCUT2D eigenvalue weighted by Crippen LogP contribution is 2.41. The molecule has 2 N–H and O–H groups in total. The van der Waals surface area contributed by atoms with Crippen LogP contribution < -0.4 is 10.4 Å². The van der Waals surface area contributed by atoms with Crippen LogP contribution in [0.4, 0.5) is 5.95 Å². The van der Waals surface area contributed by atoms with Crippen LogP contribution in [0.3, 0.4) is 0 Å². The van der Waals surface area contributed by atoms with Crippen LogP contribution in [0, 0.1) is 5.41 Å². The van der Waals surface area contributed by atoms with Crippen molar-refractivity contribution in [2.45, 2.75) is 25.8 Å². The summed E-state index contributed by atoms with van der Waals surface area (Å²) in [7, 11) is 0. The fourth-order valence-electron chi connectivity index (χ4n) is 4.96. The third-order valence-electron chi connectivity index (χ3n) is 6.76. The standard InChI is InChI=1S/C23H26N6O2.ClH/c30-21(27-31)18-13-25-22(26-14-18)29-11-7-23(8-12-29)6-10-28(16-23)15-17-3-1-5-20-19(17)4-2-9-24-20;/h1-5,9,13-14,31H,6-8,10-12,15-16H2,(H,27,30);1H. The Labute approximate surface area is 193 Å². The predicted octanol–water partition coefficient (Wildman–Crippen LogP) is 3.06. The Balaban J connectivity index is 0.00000245. The Morgan fingerprint density at radius 1 is 1.03 bits per heavy atom. The van der Waals surface area contributed by atoms with Crippen molar-refractivity contribution >= 4 is 35.2 Å². The van der Waals surface area contributed by atoms with Crippen molar-refractivity contribution < 1.29 is 10.0 Å². The van der Waals surface area contributed by atoms with Crippen molar-refractivity contribution in [2.75, 3.05) is 31.1 Å². The molecule has 1 amide bonds. The molecule has 0 bridgehead atoms. The first-order valence-electron chi connectivity index (χ1n) is 10.7. The van der Waals surface area contributed by atoms with Crippen LogP contribution >= 0.6 is 12.4 Å². The molecule has 0 radical (unpaired) electrons. The number of pyridine rings is 1. The number of hydrogen-bond donors (Lipinski definition) is 2. The Morgan fingerprint density at radius 3 is 2.53 bits per heavy atom. The molecule has 2 aliphatic heterocycles. The first-order chi connectivity index (χ1) is 15.2. The van der Waals surface area contributed by atoms with Crippen LogP contribution in [0.25, 0.3) is 10.9 Å². The van der Waals surface area contributed by atoms with Gasteiger partial charge < -0.3 is 4.90 Å². The molecule has 4 heterocycles. The largest absolute Gasteiger partial charge is 0.341 e. The van der Waals surface area contributed by atoms with E-state index >= 15 is 0 Å². The Hall–Kier alpha value is -2.81. The normalized spacial score (nSPS) is 18.0. The lowest BCUT2D eigenvalue weighted by Gasteiger charge is -2.39. The Morgan fingerprint density at radius 2 is 1.78 bits per heavy atom. The number of amides is 1. The molecular weight excluding hydrogens is 428 g/mol. The summed E-state index contributed by atoms with van der Waals surface area (Å²) in [4.78, 5) is 29.3. The molecule has 2 aromatic heterocycles. The van der Waals surface area contributed by atoms with Gasteiger partial charge >= 0.3 is 0 Å². The van der Waals surface area contributed by atoms with Gasteiger partial charge in [-0.25, -0.2) is 15.4 Å². The molecule has 0 saturated carbocycles. The maximum Gasteiger partial charge on any atom is 0.277 e. The third kappa shape index (κ3) is 4.39. The van der Waals surface area contributed by atoms with Crippen molar-refractivity contribution in [3.05, 3.63) is 60.0 Å². The summed E-state index contributed by atoms with van der Waals surface area (Å²) in [5.74, 6) is 0.0413. The van der Waals surface area contributed by atoms with Crippen molar-refractivity contribution in [2.24, 2.45) is 5.41 Å². The van der Waals surface area contributed by atoms with E-state index in [1.165, 1.54) is 29.8 Å². The molecule has 168 valence electrons. The summed E-state index contributed by atoms with van der Waals surface area (Å²) in [6, 6.07) is 10.6. The minimum Gasteiger partial charge on any atom is -0.341 e. The van der Waals surface area contributed by atoms with E-state index in [1.807, 2.05) is 12.3 Å². The lowest BCUT2D eigenvalue weighted by atomic mass is 9.78. The number of halogens is 1. The number of carbonyl (C=O) groups is 1. The number of piperidine rings is 1. The second kappa shape index (κ2) is 9.36. The van der Waals surface area contributed by atoms with Crippen LogP contribution in [-0.4, -0.2) is 57.1 Å². The summed E-state index contributed by atoms with van der Waals surface area (Å²) in [5, 5.41) is 9.96. The van der Waals surface area contributed by atoms with Gasteiger partial charge in [0.2, 0.25) is 5.95 Å². The zero-order chi connectivity index (χ0) is 21.3. The number of nitrogens with one attached hydrogen (secondary N) is 1. The maximum absolute atomic E-state index is 11.4. The van der Waals surface area contributed by atoms with Gasteiger partial charge in [0.15, 0.2) is 0 Å². The van der Waals surface area contributed by atoms with E-state index < -0.39 is 5.91 Å². The predicted molar refractivity (Wildman–Crippen MR) is 124 cm³/mol. The summed E-state index contributed by atoms with van der Waals surface area (Å²) < 4.78 is 0. The van der Waals surface area contributed by atoms with Gasteiger partial charge in [-0.1, -0.05) is 18.2 Å². The van der Waals surface area contributed by atoms with Crippen LogP contribution in [0.1, 0.15) is 35.2 Å². The fourth-order valence-corrected chi connectivity index (χ4v) is 4.96. The fraction of sp³-hybridized carbons (Fsp3) is 0.391. The highest BCUT2D eigenvalue weighted by molar-refractivity contribution is 5.92. The van der Waals surface area contributed by atoms with Gasteiger partial charge in [0, 0.05) is 50.2 Å². The number of hydroxylamine groups is 1. The number of aromatic nitrogens is 3. The molecule has 32 heavy (non-hydrogen) atoms. The van der Waals surface area contributed by atoms with E-state index in [0.29, 0.717) is 11.4 Å². The molecule has 5 rings (SSSR count). The molecular formula is C23H27ClN6O2. The molecule has 9 heteroatoms. The molecule has 2 saturated heterocycles. The van der Waals surface area contributed by atoms with E-state index in [9.17, 15) is 4.79 Å². The van der Waals surface area contributed by atoms with Gasteiger partial charge in [-0.05, 0) is 48.9 Å². The van der Waals surface area contributed by atoms with Crippen molar-refractivity contribution in [3.8, 4) is 0 Å². The van der Waals surface area contributed by atoms with Gasteiger partial charge in [-0.2, -0.15) is 0 Å². The second-order valence-electron chi connectivity index (χ2n) is 8.65. The zero-order valence-corrected chi connectivity index (χ0v) is 18.6. The average Bonchev–Trinajstić information content (AvgIpc) is 3.21. The summed E-state index contributed by atoms with van der Waals surface area (Å²) in [6.45, 7) is 5.03. The Kier molecular flexibility index (Phi) is 6.55. The Bertz CT molecular complexity index is 1080. The number of hydrogen-bond acceptors (Lipinski definition) is 7. The zero-order valence-electron chi connectivity index (χ0n) is 17.8. The highest BCUT2D eigenvalue weighted by atomic mass is 35.5. The van der Waals surface area contributed by atoms with Gasteiger partial charge in [0.1, 0.15) is 0 Å². The monoisotopic (exact) mass is 454 g/mol. The minimum atomic E-state index is -0.600. The van der Waals surface area contributed by atoms with E-state index in [0.717, 1.165) is 51.1 Å². The molecule has 2 aliphatic rings. The van der Waals surface area contributed by atoms with Crippen molar-refractivity contribution in [1.29, 1.82) is 0 Å². The SMILES string of the molecule is Cl.O=C(NO)c1cnc(N2CCC3(CCN(Cc4cccc5ncccc45)C3)CC2)nc1. The van der Waals surface area contributed by atoms with E-state index in [-0.39, 0.29) is 18.0 Å². The lowest BCUT2D eigenvalue weighted by molar-refractivity contribution is 0.0705. The molecule has 8 nitrogen and oxygen atoms in total. The second-order valence-corrected chi connectivity index (χ2v) is 8.65. The van der Waals surface area contributed by atoms with Gasteiger partial charge in [-0.3, -0.25) is 19.9 Å². The van der Waals surface area contributed by atoms with Crippen LogP contribution in [0.15, 0.2) is 48.9 Å². The van der Waals surface area contributed by atoms with Gasteiger partial charge in [0.05, 0.1) is 11.1 Å². The smallest absolute Gasteiger partial charge is 0.277 e. The summed E-state index contributed by atoms with van der Waals surface area (Å²) in [6.07, 6.45) is 8.21. The van der Waals surface area contributed by atoms with Gasteiger partial charge in [-0.15, -0.1) is 12.4 Å². The maximum atomic E-state index is 11.4. The summed E-state index contributed by atoms with van der Waals surface area (Å²) >= 11 is 0.